The molecule has 0 aliphatic carbocycles. The maximum atomic E-state index is 11.3. The highest BCUT2D eigenvalue weighted by Gasteiger charge is 2.13. The van der Waals surface area contributed by atoms with Gasteiger partial charge in [0.1, 0.15) is 5.78 Å². The van der Waals surface area contributed by atoms with E-state index in [2.05, 4.69) is 19.1 Å². The number of benzene rings is 1. The molecule has 0 fully saturated rings. The van der Waals surface area contributed by atoms with Crippen LogP contribution >= 0.6 is 0 Å². The van der Waals surface area contributed by atoms with E-state index >= 15 is 0 Å². The van der Waals surface area contributed by atoms with Crippen molar-refractivity contribution in [3.05, 3.63) is 35.9 Å². The third kappa shape index (κ3) is 3.33. The minimum atomic E-state index is 0.211. The van der Waals surface area contributed by atoms with Gasteiger partial charge in [0.05, 0.1) is 0 Å². The molecule has 1 rings (SSSR count). The average Bonchev–Trinajstić information content (AvgIpc) is 2.18. The summed E-state index contributed by atoms with van der Waals surface area (Å²) in [5.74, 6) is 0.526. The van der Waals surface area contributed by atoms with Gasteiger partial charge in [-0.1, -0.05) is 43.7 Å². The van der Waals surface area contributed by atoms with E-state index in [1.807, 2.05) is 18.2 Å². The Bertz CT molecular complexity index is 277. The zero-order valence-corrected chi connectivity index (χ0v) is 8.99. The first-order chi connectivity index (χ1) is 6.74. The van der Waals surface area contributed by atoms with Gasteiger partial charge in [-0.15, -0.1) is 0 Å². The highest BCUT2D eigenvalue weighted by molar-refractivity contribution is 5.78. The summed E-state index contributed by atoms with van der Waals surface area (Å²) in [7, 11) is 0. The van der Waals surface area contributed by atoms with Gasteiger partial charge in [-0.3, -0.25) is 4.79 Å². The summed E-state index contributed by atoms with van der Waals surface area (Å²) in [4.78, 5) is 11.3. The zero-order chi connectivity index (χ0) is 10.4. The van der Waals surface area contributed by atoms with Crippen LogP contribution in [0.3, 0.4) is 0 Å². The Morgan fingerprint density at radius 1 is 1.29 bits per heavy atom. The first-order valence-corrected chi connectivity index (χ1v) is 5.28. The van der Waals surface area contributed by atoms with Crippen LogP contribution in [-0.4, -0.2) is 5.78 Å². The number of rotatable bonds is 5. The quantitative estimate of drug-likeness (QED) is 0.696. The minimum absolute atomic E-state index is 0.211. The Labute approximate surface area is 86.1 Å². The standard InChI is InChI=1S/C13H18O/c1-3-7-13(11(2)14)10-12-8-5-4-6-9-12/h4-6,8-9,13H,3,7,10H2,1-2H3/t13-/m1/s1. The van der Waals surface area contributed by atoms with Crippen LogP contribution < -0.4 is 0 Å². The van der Waals surface area contributed by atoms with Crippen molar-refractivity contribution in [2.45, 2.75) is 33.1 Å². The summed E-state index contributed by atoms with van der Waals surface area (Å²) in [6.45, 7) is 3.82. The molecule has 0 heterocycles. The largest absolute Gasteiger partial charge is 0.300 e. The van der Waals surface area contributed by atoms with Crippen molar-refractivity contribution >= 4 is 5.78 Å². The first kappa shape index (κ1) is 11.0. The van der Waals surface area contributed by atoms with E-state index in [4.69, 9.17) is 0 Å². The van der Waals surface area contributed by atoms with Crippen molar-refractivity contribution < 1.29 is 4.79 Å². The molecule has 0 radical (unpaired) electrons. The number of hydrogen-bond acceptors (Lipinski definition) is 1. The molecule has 0 saturated carbocycles. The van der Waals surface area contributed by atoms with Gasteiger partial charge in [0.2, 0.25) is 0 Å². The van der Waals surface area contributed by atoms with Gasteiger partial charge in [-0.2, -0.15) is 0 Å². The van der Waals surface area contributed by atoms with Crippen molar-refractivity contribution in [3.8, 4) is 0 Å². The van der Waals surface area contributed by atoms with Gasteiger partial charge in [-0.25, -0.2) is 0 Å². The Morgan fingerprint density at radius 2 is 1.93 bits per heavy atom. The van der Waals surface area contributed by atoms with Crippen LogP contribution in [0.1, 0.15) is 32.3 Å². The van der Waals surface area contributed by atoms with Crippen molar-refractivity contribution in [2.75, 3.05) is 0 Å². The van der Waals surface area contributed by atoms with Crippen molar-refractivity contribution in [1.82, 2.24) is 0 Å². The topological polar surface area (TPSA) is 17.1 Å². The highest BCUT2D eigenvalue weighted by atomic mass is 16.1. The lowest BCUT2D eigenvalue weighted by Crippen LogP contribution is -2.13. The molecule has 0 unspecified atom stereocenters. The lowest BCUT2D eigenvalue weighted by molar-refractivity contribution is -0.120. The lowest BCUT2D eigenvalue weighted by atomic mass is 9.92. The van der Waals surface area contributed by atoms with Crippen LogP contribution in [0, 0.1) is 5.92 Å². The SMILES string of the molecule is CCC[C@H](Cc1ccccc1)C(C)=O. The molecule has 0 aliphatic rings. The summed E-state index contributed by atoms with van der Waals surface area (Å²) in [5, 5.41) is 0. The van der Waals surface area contributed by atoms with E-state index in [0.29, 0.717) is 5.78 Å². The first-order valence-electron chi connectivity index (χ1n) is 5.28. The third-order valence-electron chi connectivity index (χ3n) is 2.54. The highest BCUT2D eigenvalue weighted by Crippen LogP contribution is 2.14. The van der Waals surface area contributed by atoms with E-state index in [1.54, 1.807) is 6.92 Å². The summed E-state index contributed by atoms with van der Waals surface area (Å²) in [6, 6.07) is 10.2. The molecule has 76 valence electrons. The average molecular weight is 190 g/mol. The van der Waals surface area contributed by atoms with Gasteiger partial charge in [0, 0.05) is 5.92 Å². The molecule has 0 amide bonds. The Balaban J connectivity index is 2.60. The van der Waals surface area contributed by atoms with Gasteiger partial charge in [-0.05, 0) is 25.3 Å². The lowest BCUT2D eigenvalue weighted by Gasteiger charge is -2.12. The number of Topliss-reactive ketones (excluding diaryl/α,β-unsaturated/α-hetero) is 1. The van der Waals surface area contributed by atoms with Crippen molar-refractivity contribution in [1.29, 1.82) is 0 Å². The van der Waals surface area contributed by atoms with Gasteiger partial charge < -0.3 is 0 Å². The summed E-state index contributed by atoms with van der Waals surface area (Å²) >= 11 is 0. The fourth-order valence-corrected chi connectivity index (χ4v) is 1.70. The summed E-state index contributed by atoms with van der Waals surface area (Å²) in [5.41, 5.74) is 1.26. The third-order valence-corrected chi connectivity index (χ3v) is 2.54. The second kappa shape index (κ2) is 5.58. The van der Waals surface area contributed by atoms with E-state index in [-0.39, 0.29) is 5.92 Å². The van der Waals surface area contributed by atoms with Gasteiger partial charge in [0.25, 0.3) is 0 Å². The molecule has 0 N–H and O–H groups in total. The Morgan fingerprint density at radius 3 is 2.43 bits per heavy atom. The predicted molar refractivity (Wildman–Crippen MR) is 59.2 cm³/mol. The fourth-order valence-electron chi connectivity index (χ4n) is 1.70. The van der Waals surface area contributed by atoms with E-state index < -0.39 is 0 Å². The zero-order valence-electron chi connectivity index (χ0n) is 8.99. The van der Waals surface area contributed by atoms with Crippen LogP contribution in [0.25, 0.3) is 0 Å². The second-order valence-corrected chi connectivity index (χ2v) is 3.79. The van der Waals surface area contributed by atoms with Gasteiger partial charge in [0.15, 0.2) is 0 Å². The molecule has 1 aromatic rings. The summed E-state index contributed by atoms with van der Waals surface area (Å²) in [6.07, 6.45) is 2.98. The Kier molecular flexibility index (Phi) is 4.37. The maximum Gasteiger partial charge on any atom is 0.133 e. The van der Waals surface area contributed by atoms with Crippen LogP contribution in [0.5, 0.6) is 0 Å². The van der Waals surface area contributed by atoms with Crippen molar-refractivity contribution in [3.63, 3.8) is 0 Å². The molecule has 0 aliphatic heterocycles. The number of ketones is 1. The molecule has 1 heteroatoms. The normalized spacial score (nSPS) is 12.4. The maximum absolute atomic E-state index is 11.3. The van der Waals surface area contributed by atoms with Crippen LogP contribution in [0.2, 0.25) is 0 Å². The molecular weight excluding hydrogens is 172 g/mol. The number of hydrogen-bond donors (Lipinski definition) is 0. The minimum Gasteiger partial charge on any atom is -0.300 e. The van der Waals surface area contributed by atoms with E-state index in [9.17, 15) is 4.79 Å². The number of carbonyl (C=O) groups excluding carboxylic acids is 1. The van der Waals surface area contributed by atoms with Crippen LogP contribution in [0.15, 0.2) is 30.3 Å². The Hall–Kier alpha value is -1.11. The number of carbonyl (C=O) groups is 1. The van der Waals surface area contributed by atoms with E-state index in [1.165, 1.54) is 5.56 Å². The summed E-state index contributed by atoms with van der Waals surface area (Å²) < 4.78 is 0. The molecule has 0 spiro atoms. The molecule has 14 heavy (non-hydrogen) atoms. The molecule has 1 aromatic carbocycles. The second-order valence-electron chi connectivity index (χ2n) is 3.79. The van der Waals surface area contributed by atoms with E-state index in [0.717, 1.165) is 19.3 Å². The van der Waals surface area contributed by atoms with Crippen LogP contribution in [0.4, 0.5) is 0 Å². The fraction of sp³-hybridized carbons (Fsp3) is 0.462. The molecular formula is C13H18O. The predicted octanol–water partition coefficient (Wildman–Crippen LogP) is 3.23. The van der Waals surface area contributed by atoms with Crippen molar-refractivity contribution in [2.24, 2.45) is 5.92 Å². The molecule has 0 aromatic heterocycles. The molecule has 1 nitrogen and oxygen atoms in total. The molecule has 1 atom stereocenters. The molecule has 0 saturated heterocycles. The van der Waals surface area contributed by atoms with Gasteiger partial charge >= 0.3 is 0 Å². The molecule has 0 bridgehead atoms. The smallest absolute Gasteiger partial charge is 0.133 e. The van der Waals surface area contributed by atoms with Crippen LogP contribution in [-0.2, 0) is 11.2 Å². The monoisotopic (exact) mass is 190 g/mol.